The number of methoxy groups -OCH3 is 2. The Bertz CT molecular complexity index is 1250. The summed E-state index contributed by atoms with van der Waals surface area (Å²) in [7, 11) is 3.24. The molecular formula is C28H29NO6. The van der Waals surface area contributed by atoms with Crippen LogP contribution < -0.4 is 23.7 Å². The second kappa shape index (κ2) is 9.41. The molecule has 0 aromatic heterocycles. The molecule has 0 spiro atoms. The van der Waals surface area contributed by atoms with E-state index in [1.807, 2.05) is 43.0 Å². The Morgan fingerprint density at radius 3 is 2.40 bits per heavy atom. The van der Waals surface area contributed by atoms with Gasteiger partial charge < -0.3 is 28.6 Å². The Morgan fingerprint density at radius 1 is 0.943 bits per heavy atom. The number of fused-ring (bicyclic) bond motifs is 2. The Kier molecular flexibility index (Phi) is 6.16. The largest absolute Gasteiger partial charge is 0.493 e. The van der Waals surface area contributed by atoms with Gasteiger partial charge in [0.1, 0.15) is 12.4 Å². The summed E-state index contributed by atoms with van der Waals surface area (Å²) in [4.78, 5) is 15.6. The van der Waals surface area contributed by atoms with Crippen LogP contribution >= 0.6 is 0 Å². The van der Waals surface area contributed by atoms with Gasteiger partial charge in [0.2, 0.25) is 6.79 Å². The lowest BCUT2D eigenvalue weighted by Gasteiger charge is -2.37. The van der Waals surface area contributed by atoms with E-state index in [9.17, 15) is 4.79 Å². The molecule has 0 unspecified atom stereocenters. The second-order valence-electron chi connectivity index (χ2n) is 8.87. The number of carbonyl (C=O) groups is 1. The number of benzene rings is 3. The molecule has 5 rings (SSSR count). The van der Waals surface area contributed by atoms with Gasteiger partial charge >= 0.3 is 0 Å². The van der Waals surface area contributed by atoms with Crippen LogP contribution in [0, 0.1) is 13.8 Å². The van der Waals surface area contributed by atoms with E-state index in [-0.39, 0.29) is 18.7 Å². The SMILES string of the molecule is COc1cc2c(cc1OC)[C@H](COc1cc(C)cc(C)c1)N(C(=O)c1ccc3c(c1)OCO3)CC2. The van der Waals surface area contributed by atoms with E-state index >= 15 is 0 Å². The maximum Gasteiger partial charge on any atom is 0.254 e. The van der Waals surface area contributed by atoms with Crippen LogP contribution in [0.5, 0.6) is 28.7 Å². The molecule has 35 heavy (non-hydrogen) atoms. The molecule has 2 aliphatic heterocycles. The van der Waals surface area contributed by atoms with Crippen LogP contribution in [0.2, 0.25) is 0 Å². The third-order valence-electron chi connectivity index (χ3n) is 6.49. The summed E-state index contributed by atoms with van der Waals surface area (Å²) >= 11 is 0. The maximum absolute atomic E-state index is 13.7. The highest BCUT2D eigenvalue weighted by Gasteiger charge is 2.34. The zero-order valence-corrected chi connectivity index (χ0v) is 20.4. The fraction of sp³-hybridized carbons (Fsp3) is 0.321. The molecule has 7 nitrogen and oxygen atoms in total. The number of ether oxygens (including phenoxy) is 5. The summed E-state index contributed by atoms with van der Waals surface area (Å²) in [6.07, 6.45) is 0.700. The van der Waals surface area contributed by atoms with Crippen molar-refractivity contribution in [3.05, 3.63) is 76.3 Å². The van der Waals surface area contributed by atoms with Gasteiger partial charge in [0.05, 0.1) is 20.3 Å². The monoisotopic (exact) mass is 475 g/mol. The summed E-state index contributed by atoms with van der Waals surface area (Å²) < 4.78 is 28.3. The van der Waals surface area contributed by atoms with E-state index in [0.29, 0.717) is 48.1 Å². The Morgan fingerprint density at radius 2 is 1.66 bits per heavy atom. The summed E-state index contributed by atoms with van der Waals surface area (Å²) in [5, 5.41) is 0. The minimum absolute atomic E-state index is 0.0854. The third kappa shape index (κ3) is 4.46. The molecule has 0 bridgehead atoms. The van der Waals surface area contributed by atoms with Crippen molar-refractivity contribution >= 4 is 5.91 Å². The summed E-state index contributed by atoms with van der Waals surface area (Å²) in [6, 6.07) is 15.1. The normalized spacial score (nSPS) is 16.0. The van der Waals surface area contributed by atoms with Crippen LogP contribution in [-0.2, 0) is 6.42 Å². The molecule has 0 fully saturated rings. The van der Waals surface area contributed by atoms with E-state index in [1.54, 1.807) is 32.4 Å². The lowest BCUT2D eigenvalue weighted by molar-refractivity contribution is 0.0589. The Labute approximate surface area is 205 Å². The quantitative estimate of drug-likeness (QED) is 0.507. The fourth-order valence-corrected chi connectivity index (χ4v) is 4.84. The van der Waals surface area contributed by atoms with Gasteiger partial charge in [-0.05, 0) is 85.0 Å². The summed E-state index contributed by atoms with van der Waals surface area (Å²) in [5.74, 6) is 3.24. The van der Waals surface area contributed by atoms with Gasteiger partial charge in [-0.25, -0.2) is 0 Å². The van der Waals surface area contributed by atoms with Gasteiger partial charge in [0.25, 0.3) is 5.91 Å². The van der Waals surface area contributed by atoms with Crippen molar-refractivity contribution < 1.29 is 28.5 Å². The van der Waals surface area contributed by atoms with Crippen molar-refractivity contribution in [1.82, 2.24) is 4.90 Å². The number of rotatable bonds is 6. The van der Waals surface area contributed by atoms with Crippen molar-refractivity contribution in [3.63, 3.8) is 0 Å². The molecular weight excluding hydrogens is 446 g/mol. The highest BCUT2D eigenvalue weighted by molar-refractivity contribution is 5.95. The van der Waals surface area contributed by atoms with Crippen LogP contribution in [-0.4, -0.2) is 45.0 Å². The van der Waals surface area contributed by atoms with Crippen LogP contribution in [0.4, 0.5) is 0 Å². The van der Waals surface area contributed by atoms with Crippen LogP contribution in [0.15, 0.2) is 48.5 Å². The maximum atomic E-state index is 13.7. The predicted molar refractivity (Wildman–Crippen MR) is 131 cm³/mol. The van der Waals surface area contributed by atoms with Gasteiger partial charge in [0, 0.05) is 12.1 Å². The number of hydrogen-bond acceptors (Lipinski definition) is 6. The van der Waals surface area contributed by atoms with E-state index in [2.05, 4.69) is 6.07 Å². The van der Waals surface area contributed by atoms with Gasteiger partial charge in [0.15, 0.2) is 23.0 Å². The molecule has 1 atom stereocenters. The number of hydrogen-bond donors (Lipinski definition) is 0. The molecule has 0 saturated carbocycles. The van der Waals surface area contributed by atoms with Crippen molar-refractivity contribution in [2.24, 2.45) is 0 Å². The van der Waals surface area contributed by atoms with Gasteiger partial charge in [-0.3, -0.25) is 4.79 Å². The molecule has 1 amide bonds. The lowest BCUT2D eigenvalue weighted by atomic mass is 9.91. The van der Waals surface area contributed by atoms with E-state index in [0.717, 1.165) is 28.0 Å². The third-order valence-corrected chi connectivity index (χ3v) is 6.49. The average Bonchev–Trinajstić information content (AvgIpc) is 3.33. The number of aryl methyl sites for hydroxylation is 2. The van der Waals surface area contributed by atoms with Gasteiger partial charge in [-0.15, -0.1) is 0 Å². The second-order valence-corrected chi connectivity index (χ2v) is 8.87. The molecule has 7 heteroatoms. The molecule has 2 aliphatic rings. The van der Waals surface area contributed by atoms with Gasteiger partial charge in [-0.2, -0.15) is 0 Å². The molecule has 3 aromatic rings. The molecule has 3 aromatic carbocycles. The summed E-state index contributed by atoms with van der Waals surface area (Å²) in [6.45, 7) is 5.11. The van der Waals surface area contributed by atoms with Crippen molar-refractivity contribution in [2.75, 3.05) is 34.2 Å². The molecule has 0 saturated heterocycles. The van der Waals surface area contributed by atoms with Crippen molar-refractivity contribution in [1.29, 1.82) is 0 Å². The number of nitrogens with zero attached hydrogens (tertiary/aromatic N) is 1. The van der Waals surface area contributed by atoms with Crippen LogP contribution in [0.3, 0.4) is 0 Å². The van der Waals surface area contributed by atoms with E-state index < -0.39 is 0 Å². The zero-order chi connectivity index (χ0) is 24.5. The Balaban J connectivity index is 1.50. The zero-order valence-electron chi connectivity index (χ0n) is 20.4. The standard InChI is InChI=1S/C28H29NO6/c1-17-9-18(2)11-21(10-17)33-15-23-22-14-26(32-4)25(31-3)12-19(22)7-8-29(23)28(30)20-5-6-24-27(13-20)35-16-34-24/h5-6,9-14,23H,7-8,15-16H2,1-4H3/t23-/m0/s1. The number of amides is 1. The predicted octanol–water partition coefficient (Wildman–Crippen LogP) is 4.87. The van der Waals surface area contributed by atoms with Crippen molar-refractivity contribution in [2.45, 2.75) is 26.3 Å². The molecule has 0 N–H and O–H groups in total. The van der Waals surface area contributed by atoms with Crippen LogP contribution in [0.1, 0.15) is 38.7 Å². The van der Waals surface area contributed by atoms with E-state index in [1.165, 1.54) is 0 Å². The summed E-state index contributed by atoms with van der Waals surface area (Å²) in [5.41, 5.74) is 4.92. The first kappa shape index (κ1) is 22.9. The smallest absolute Gasteiger partial charge is 0.254 e. The Hall–Kier alpha value is -3.87. The molecule has 0 aliphatic carbocycles. The van der Waals surface area contributed by atoms with E-state index in [4.69, 9.17) is 23.7 Å². The lowest BCUT2D eigenvalue weighted by Crippen LogP contribution is -2.42. The van der Waals surface area contributed by atoms with Gasteiger partial charge in [-0.1, -0.05) is 6.07 Å². The molecule has 2 heterocycles. The minimum Gasteiger partial charge on any atom is -0.493 e. The van der Waals surface area contributed by atoms with Crippen molar-refractivity contribution in [3.8, 4) is 28.7 Å². The highest BCUT2D eigenvalue weighted by Crippen LogP contribution is 2.40. The molecule has 0 radical (unpaired) electrons. The fourth-order valence-electron chi connectivity index (χ4n) is 4.84. The molecule has 182 valence electrons. The van der Waals surface area contributed by atoms with Crippen LogP contribution in [0.25, 0.3) is 0 Å². The topological polar surface area (TPSA) is 66.5 Å². The average molecular weight is 476 g/mol. The minimum atomic E-state index is -0.308. The first-order valence-corrected chi connectivity index (χ1v) is 11.6. The highest BCUT2D eigenvalue weighted by atomic mass is 16.7. The first-order chi connectivity index (χ1) is 17.0. The number of carbonyl (C=O) groups excluding carboxylic acids is 1. The first-order valence-electron chi connectivity index (χ1n) is 11.6.